The van der Waals surface area contributed by atoms with Crippen LogP contribution in [0.5, 0.6) is 0 Å². The normalized spacial score (nSPS) is 10.1. The van der Waals surface area contributed by atoms with E-state index in [0.717, 1.165) is 24.9 Å². The number of nitrogens with one attached hydrogen (secondary N) is 1. The molecular weight excluding hydrogens is 212 g/mol. The molecule has 2 amide bonds. The molecule has 0 aliphatic rings. The van der Waals surface area contributed by atoms with Crippen LogP contribution in [0.25, 0.3) is 0 Å². The molecule has 1 aromatic rings. The minimum Gasteiger partial charge on any atom is -0.338 e. The van der Waals surface area contributed by atoms with Gasteiger partial charge in [0.05, 0.1) is 0 Å². The fourth-order valence-electron chi connectivity index (χ4n) is 1.66. The molecule has 1 N–H and O–H groups in total. The van der Waals surface area contributed by atoms with Crippen LogP contribution < -0.4 is 5.32 Å². The number of hydrogen-bond acceptors (Lipinski definition) is 1. The molecule has 0 saturated carbocycles. The Morgan fingerprint density at radius 2 is 2.18 bits per heavy atom. The van der Waals surface area contributed by atoms with Crippen LogP contribution in [0.15, 0.2) is 24.3 Å². The summed E-state index contributed by atoms with van der Waals surface area (Å²) in [7, 11) is 1.82. The molecule has 0 aliphatic heterocycles. The van der Waals surface area contributed by atoms with Crippen molar-refractivity contribution in [2.24, 2.45) is 0 Å². The minimum absolute atomic E-state index is 0.0000406. The highest BCUT2D eigenvalue weighted by atomic mass is 16.2. The summed E-state index contributed by atoms with van der Waals surface area (Å²) in [5.41, 5.74) is 2.39. The van der Waals surface area contributed by atoms with Gasteiger partial charge in [-0.1, -0.05) is 43.2 Å². The smallest absolute Gasteiger partial charge is 0.317 e. The Hall–Kier alpha value is -1.51. The molecule has 0 unspecified atom stereocenters. The van der Waals surface area contributed by atoms with Crippen LogP contribution in [-0.4, -0.2) is 24.5 Å². The van der Waals surface area contributed by atoms with Crippen LogP contribution in [0.2, 0.25) is 0 Å². The summed E-state index contributed by atoms with van der Waals surface area (Å²) < 4.78 is 0. The zero-order valence-electron chi connectivity index (χ0n) is 11.0. The van der Waals surface area contributed by atoms with Gasteiger partial charge in [-0.05, 0) is 18.9 Å². The van der Waals surface area contributed by atoms with E-state index in [2.05, 4.69) is 31.3 Å². The largest absolute Gasteiger partial charge is 0.338 e. The van der Waals surface area contributed by atoms with E-state index >= 15 is 0 Å². The number of nitrogens with zero attached hydrogens (tertiary/aromatic N) is 1. The van der Waals surface area contributed by atoms with E-state index in [-0.39, 0.29) is 6.03 Å². The Morgan fingerprint density at radius 1 is 1.41 bits per heavy atom. The lowest BCUT2D eigenvalue weighted by atomic mass is 10.1. The van der Waals surface area contributed by atoms with Gasteiger partial charge >= 0.3 is 6.03 Å². The third-order valence-corrected chi connectivity index (χ3v) is 2.66. The van der Waals surface area contributed by atoms with E-state index in [9.17, 15) is 4.79 Å². The molecule has 0 radical (unpaired) electrons. The van der Waals surface area contributed by atoms with Crippen LogP contribution in [0, 0.1) is 6.92 Å². The third-order valence-electron chi connectivity index (χ3n) is 2.66. The van der Waals surface area contributed by atoms with E-state index < -0.39 is 0 Å². The van der Waals surface area contributed by atoms with Crippen molar-refractivity contribution in [2.75, 3.05) is 13.6 Å². The number of aryl methyl sites for hydroxylation is 1. The maximum Gasteiger partial charge on any atom is 0.317 e. The Balaban J connectivity index is 2.43. The van der Waals surface area contributed by atoms with Gasteiger partial charge in [0.25, 0.3) is 0 Å². The highest BCUT2D eigenvalue weighted by molar-refractivity contribution is 5.73. The molecule has 0 aromatic heterocycles. The molecule has 1 rings (SSSR count). The van der Waals surface area contributed by atoms with E-state index in [1.165, 1.54) is 5.56 Å². The maximum atomic E-state index is 11.7. The highest BCUT2D eigenvalue weighted by Crippen LogP contribution is 2.06. The number of carbonyl (C=O) groups is 1. The fraction of sp³-hybridized carbons (Fsp3) is 0.500. The van der Waals surface area contributed by atoms with Gasteiger partial charge in [0.2, 0.25) is 0 Å². The summed E-state index contributed by atoms with van der Waals surface area (Å²) in [4.78, 5) is 13.4. The van der Waals surface area contributed by atoms with Gasteiger partial charge < -0.3 is 10.2 Å². The number of unbranched alkanes of at least 4 members (excludes halogenated alkanes) is 1. The molecule has 3 nitrogen and oxygen atoms in total. The third kappa shape index (κ3) is 4.89. The quantitative estimate of drug-likeness (QED) is 0.781. The number of urea groups is 1. The average Bonchev–Trinajstić information content (AvgIpc) is 2.29. The summed E-state index contributed by atoms with van der Waals surface area (Å²) in [5.74, 6) is 0. The summed E-state index contributed by atoms with van der Waals surface area (Å²) in [6, 6.07) is 8.23. The molecule has 0 heterocycles. The highest BCUT2D eigenvalue weighted by Gasteiger charge is 2.07. The minimum atomic E-state index is -0.0000406. The standard InChI is InChI=1S/C14H22N2O/c1-4-5-9-15-14(17)16(3)11-13-8-6-7-12(2)10-13/h6-8,10H,4-5,9,11H2,1-3H3,(H,15,17). The summed E-state index contributed by atoms with van der Waals surface area (Å²) in [6.45, 7) is 5.58. The molecular formula is C14H22N2O. The van der Waals surface area contributed by atoms with E-state index in [4.69, 9.17) is 0 Å². The van der Waals surface area contributed by atoms with Crippen LogP contribution >= 0.6 is 0 Å². The predicted octanol–water partition coefficient (Wildman–Crippen LogP) is 2.94. The topological polar surface area (TPSA) is 32.3 Å². The second-order valence-electron chi connectivity index (χ2n) is 4.43. The lowest BCUT2D eigenvalue weighted by molar-refractivity contribution is 0.207. The number of rotatable bonds is 5. The van der Waals surface area contributed by atoms with Gasteiger partial charge in [0, 0.05) is 20.1 Å². The summed E-state index contributed by atoms with van der Waals surface area (Å²) in [5, 5.41) is 2.91. The van der Waals surface area contributed by atoms with Gasteiger partial charge in [-0.15, -0.1) is 0 Å². The van der Waals surface area contributed by atoms with Crippen molar-refractivity contribution >= 4 is 6.03 Å². The van der Waals surface area contributed by atoms with Crippen LogP contribution in [-0.2, 0) is 6.54 Å². The average molecular weight is 234 g/mol. The van der Waals surface area contributed by atoms with Gasteiger partial charge in [-0.2, -0.15) is 0 Å². The van der Waals surface area contributed by atoms with Gasteiger partial charge in [-0.25, -0.2) is 4.79 Å². The van der Waals surface area contributed by atoms with Crippen molar-refractivity contribution in [1.82, 2.24) is 10.2 Å². The number of amides is 2. The van der Waals surface area contributed by atoms with Crippen LogP contribution in [0.4, 0.5) is 4.79 Å². The first-order valence-corrected chi connectivity index (χ1v) is 6.18. The molecule has 0 atom stereocenters. The van der Waals surface area contributed by atoms with Crippen molar-refractivity contribution < 1.29 is 4.79 Å². The first kappa shape index (κ1) is 13.6. The molecule has 0 saturated heterocycles. The van der Waals surface area contributed by atoms with Crippen molar-refractivity contribution in [3.63, 3.8) is 0 Å². The second kappa shape index (κ2) is 6.94. The van der Waals surface area contributed by atoms with Gasteiger partial charge in [-0.3, -0.25) is 0 Å². The summed E-state index contributed by atoms with van der Waals surface area (Å²) in [6.07, 6.45) is 2.13. The lowest BCUT2D eigenvalue weighted by Crippen LogP contribution is -2.37. The number of hydrogen-bond donors (Lipinski definition) is 1. The van der Waals surface area contributed by atoms with E-state index in [1.54, 1.807) is 4.90 Å². The van der Waals surface area contributed by atoms with Crippen LogP contribution in [0.1, 0.15) is 30.9 Å². The number of benzene rings is 1. The lowest BCUT2D eigenvalue weighted by Gasteiger charge is -2.18. The molecule has 0 aliphatic carbocycles. The zero-order valence-corrected chi connectivity index (χ0v) is 11.0. The van der Waals surface area contributed by atoms with Crippen molar-refractivity contribution in [1.29, 1.82) is 0 Å². The van der Waals surface area contributed by atoms with Crippen LogP contribution in [0.3, 0.4) is 0 Å². The molecule has 17 heavy (non-hydrogen) atoms. The number of carbonyl (C=O) groups excluding carboxylic acids is 1. The Morgan fingerprint density at radius 3 is 2.82 bits per heavy atom. The molecule has 1 aromatic carbocycles. The maximum absolute atomic E-state index is 11.7. The molecule has 3 heteroatoms. The zero-order chi connectivity index (χ0) is 12.7. The molecule has 0 bridgehead atoms. The van der Waals surface area contributed by atoms with Crippen molar-refractivity contribution in [3.8, 4) is 0 Å². The summed E-state index contributed by atoms with van der Waals surface area (Å²) >= 11 is 0. The SMILES string of the molecule is CCCCNC(=O)N(C)Cc1cccc(C)c1. The second-order valence-corrected chi connectivity index (χ2v) is 4.43. The molecule has 94 valence electrons. The Bertz CT molecular complexity index is 363. The fourth-order valence-corrected chi connectivity index (χ4v) is 1.66. The molecule has 0 fully saturated rings. The van der Waals surface area contributed by atoms with E-state index in [1.807, 2.05) is 19.2 Å². The van der Waals surface area contributed by atoms with Gasteiger partial charge in [0.1, 0.15) is 0 Å². The Kier molecular flexibility index (Phi) is 5.53. The predicted molar refractivity (Wildman–Crippen MR) is 71.0 cm³/mol. The first-order chi connectivity index (χ1) is 8.13. The van der Waals surface area contributed by atoms with Crippen molar-refractivity contribution in [3.05, 3.63) is 35.4 Å². The molecule has 0 spiro atoms. The Labute approximate surface area is 104 Å². The van der Waals surface area contributed by atoms with Gasteiger partial charge in [0.15, 0.2) is 0 Å². The van der Waals surface area contributed by atoms with E-state index in [0.29, 0.717) is 6.54 Å². The van der Waals surface area contributed by atoms with Crippen molar-refractivity contribution in [2.45, 2.75) is 33.2 Å². The monoisotopic (exact) mass is 234 g/mol. The first-order valence-electron chi connectivity index (χ1n) is 6.18.